The second kappa shape index (κ2) is 11.9. The van der Waals surface area contributed by atoms with E-state index in [2.05, 4.69) is 24.1 Å². The van der Waals surface area contributed by atoms with Crippen LogP contribution in [0.5, 0.6) is 0 Å². The number of carbonyl (C=O) groups is 1. The zero-order valence-electron chi connectivity index (χ0n) is 12.7. The molecule has 0 aromatic heterocycles. The number of nitrogens with one attached hydrogen (secondary N) is 1. The summed E-state index contributed by atoms with van der Waals surface area (Å²) in [6.45, 7) is 11.3. The normalized spacial score (nSPS) is 10.5. The summed E-state index contributed by atoms with van der Waals surface area (Å²) >= 11 is 0. The predicted molar refractivity (Wildman–Crippen MR) is 75.2 cm³/mol. The Morgan fingerprint density at radius 1 is 1.12 bits per heavy atom. The van der Waals surface area contributed by atoms with Crippen molar-refractivity contribution in [1.82, 2.24) is 15.1 Å². The van der Waals surface area contributed by atoms with Gasteiger partial charge in [-0.25, -0.2) is 0 Å². The quantitative estimate of drug-likeness (QED) is 0.734. The van der Waals surface area contributed by atoms with Crippen molar-refractivity contribution in [1.29, 1.82) is 0 Å². The highest BCUT2D eigenvalue weighted by Crippen LogP contribution is 1.88. The van der Waals surface area contributed by atoms with E-state index in [1.807, 2.05) is 39.9 Å². The molecular weight excluding hydrogens is 214 g/mol. The number of nitrogens with zero attached hydrogens (tertiary/aromatic N) is 2. The zero-order valence-corrected chi connectivity index (χ0v) is 12.7. The van der Waals surface area contributed by atoms with Gasteiger partial charge in [-0.3, -0.25) is 9.69 Å². The fraction of sp³-hybridized carbons (Fsp3) is 0.923. The Balaban J connectivity index is 0. The van der Waals surface area contributed by atoms with Crippen LogP contribution in [0.3, 0.4) is 0 Å². The fourth-order valence-electron chi connectivity index (χ4n) is 1.07. The maximum Gasteiger partial charge on any atom is 0.234 e. The molecule has 0 aliphatic rings. The molecule has 0 aliphatic heterocycles. The Morgan fingerprint density at radius 3 is 2.06 bits per heavy atom. The van der Waals surface area contributed by atoms with Gasteiger partial charge < -0.3 is 10.2 Å². The van der Waals surface area contributed by atoms with Crippen molar-refractivity contribution in [2.24, 2.45) is 5.92 Å². The first-order chi connectivity index (χ1) is 7.91. The van der Waals surface area contributed by atoms with E-state index in [9.17, 15) is 4.79 Å². The third-order valence-electron chi connectivity index (χ3n) is 2.05. The SMILES string of the molecule is CC.CC(C)CNC(=O)CN(C)CCN(C)C. The summed E-state index contributed by atoms with van der Waals surface area (Å²) in [7, 11) is 6.04. The van der Waals surface area contributed by atoms with Gasteiger partial charge in [0.1, 0.15) is 0 Å². The third kappa shape index (κ3) is 15.4. The highest BCUT2D eigenvalue weighted by Gasteiger charge is 2.06. The van der Waals surface area contributed by atoms with E-state index in [0.29, 0.717) is 12.5 Å². The maximum atomic E-state index is 11.4. The average Bonchev–Trinajstić information content (AvgIpc) is 2.26. The van der Waals surface area contributed by atoms with E-state index in [4.69, 9.17) is 0 Å². The van der Waals surface area contributed by atoms with Crippen molar-refractivity contribution in [3.8, 4) is 0 Å². The molecule has 1 amide bonds. The van der Waals surface area contributed by atoms with Crippen molar-refractivity contribution in [3.05, 3.63) is 0 Å². The second-order valence-electron chi connectivity index (χ2n) is 4.74. The topological polar surface area (TPSA) is 35.6 Å². The molecule has 1 N–H and O–H groups in total. The Kier molecular flexibility index (Phi) is 13.1. The van der Waals surface area contributed by atoms with E-state index in [-0.39, 0.29) is 5.91 Å². The highest BCUT2D eigenvalue weighted by molar-refractivity contribution is 5.77. The summed E-state index contributed by atoms with van der Waals surface area (Å²) in [6.07, 6.45) is 0. The van der Waals surface area contributed by atoms with Crippen molar-refractivity contribution >= 4 is 5.91 Å². The smallest absolute Gasteiger partial charge is 0.234 e. The minimum atomic E-state index is 0.116. The van der Waals surface area contributed by atoms with Crippen LogP contribution in [-0.4, -0.2) is 63.0 Å². The molecule has 0 unspecified atom stereocenters. The number of likely N-dealkylation sites (N-methyl/N-ethyl adjacent to an activating group) is 2. The van der Waals surface area contributed by atoms with E-state index >= 15 is 0 Å². The largest absolute Gasteiger partial charge is 0.355 e. The van der Waals surface area contributed by atoms with Gasteiger partial charge in [-0.05, 0) is 27.1 Å². The van der Waals surface area contributed by atoms with Crippen molar-refractivity contribution in [2.45, 2.75) is 27.7 Å². The van der Waals surface area contributed by atoms with Gasteiger partial charge in [0.05, 0.1) is 6.54 Å². The first kappa shape index (κ1) is 18.7. The number of hydrogen-bond donors (Lipinski definition) is 1. The van der Waals surface area contributed by atoms with Crippen LogP contribution in [0.25, 0.3) is 0 Å². The molecule has 0 aliphatic carbocycles. The van der Waals surface area contributed by atoms with Crippen LogP contribution in [-0.2, 0) is 4.79 Å². The number of hydrogen-bond acceptors (Lipinski definition) is 3. The van der Waals surface area contributed by atoms with Crippen LogP contribution in [0.15, 0.2) is 0 Å². The van der Waals surface area contributed by atoms with E-state index < -0.39 is 0 Å². The lowest BCUT2D eigenvalue weighted by Gasteiger charge is -2.19. The summed E-state index contributed by atoms with van der Waals surface area (Å²) in [5.74, 6) is 0.631. The molecule has 0 bridgehead atoms. The lowest BCUT2D eigenvalue weighted by molar-refractivity contribution is -0.122. The average molecular weight is 245 g/mol. The first-order valence-electron chi connectivity index (χ1n) is 6.51. The summed E-state index contributed by atoms with van der Waals surface area (Å²) in [5.41, 5.74) is 0. The lowest BCUT2D eigenvalue weighted by atomic mass is 10.2. The van der Waals surface area contributed by atoms with Crippen molar-refractivity contribution in [3.63, 3.8) is 0 Å². The minimum absolute atomic E-state index is 0.116. The molecule has 0 saturated carbocycles. The fourth-order valence-corrected chi connectivity index (χ4v) is 1.07. The number of carbonyl (C=O) groups excluding carboxylic acids is 1. The molecule has 4 nitrogen and oxygen atoms in total. The molecule has 0 aromatic rings. The molecule has 0 rings (SSSR count). The van der Waals surface area contributed by atoms with Gasteiger partial charge in [-0.15, -0.1) is 0 Å². The molecule has 0 spiro atoms. The highest BCUT2D eigenvalue weighted by atomic mass is 16.2. The van der Waals surface area contributed by atoms with Gasteiger partial charge in [0, 0.05) is 19.6 Å². The van der Waals surface area contributed by atoms with Crippen LogP contribution in [0.2, 0.25) is 0 Å². The zero-order chi connectivity index (χ0) is 13.8. The molecule has 0 fully saturated rings. The van der Waals surface area contributed by atoms with Crippen LogP contribution >= 0.6 is 0 Å². The van der Waals surface area contributed by atoms with Gasteiger partial charge in [-0.1, -0.05) is 27.7 Å². The van der Waals surface area contributed by atoms with Crippen LogP contribution in [0.1, 0.15) is 27.7 Å². The summed E-state index contributed by atoms with van der Waals surface area (Å²) in [6, 6.07) is 0. The Hall–Kier alpha value is -0.610. The summed E-state index contributed by atoms with van der Waals surface area (Å²) in [4.78, 5) is 15.6. The van der Waals surface area contributed by atoms with Gasteiger partial charge in [0.15, 0.2) is 0 Å². The molecule has 0 saturated heterocycles. The first-order valence-corrected chi connectivity index (χ1v) is 6.51. The summed E-state index contributed by atoms with van der Waals surface area (Å²) in [5, 5.41) is 2.91. The Bertz CT molecular complexity index is 182. The predicted octanol–water partition coefficient (Wildman–Crippen LogP) is 1.28. The number of rotatable bonds is 7. The Morgan fingerprint density at radius 2 is 1.65 bits per heavy atom. The van der Waals surface area contributed by atoms with Gasteiger partial charge in [-0.2, -0.15) is 0 Å². The maximum absolute atomic E-state index is 11.4. The molecule has 4 heteroatoms. The number of amides is 1. The second-order valence-corrected chi connectivity index (χ2v) is 4.74. The summed E-state index contributed by atoms with van der Waals surface area (Å²) < 4.78 is 0. The van der Waals surface area contributed by atoms with E-state index in [1.54, 1.807) is 0 Å². The standard InChI is InChI=1S/C11H25N3O.C2H6/c1-10(2)8-12-11(15)9-14(5)7-6-13(3)4;1-2/h10H,6-9H2,1-5H3,(H,12,15);1-2H3. The monoisotopic (exact) mass is 245 g/mol. The van der Waals surface area contributed by atoms with Crippen LogP contribution in [0, 0.1) is 5.92 Å². The van der Waals surface area contributed by atoms with Gasteiger partial charge >= 0.3 is 0 Å². The lowest BCUT2D eigenvalue weighted by Crippen LogP contribution is -2.39. The van der Waals surface area contributed by atoms with E-state index in [0.717, 1.165) is 19.6 Å². The molecule has 17 heavy (non-hydrogen) atoms. The van der Waals surface area contributed by atoms with E-state index in [1.165, 1.54) is 0 Å². The Labute approximate surface area is 107 Å². The molecule has 0 atom stereocenters. The van der Waals surface area contributed by atoms with Gasteiger partial charge in [0.2, 0.25) is 5.91 Å². The van der Waals surface area contributed by atoms with Crippen LogP contribution in [0.4, 0.5) is 0 Å². The third-order valence-corrected chi connectivity index (χ3v) is 2.05. The molecule has 0 radical (unpaired) electrons. The molecule has 0 aromatic carbocycles. The molecule has 0 heterocycles. The van der Waals surface area contributed by atoms with Crippen molar-refractivity contribution < 1.29 is 4.79 Å². The minimum Gasteiger partial charge on any atom is -0.355 e. The molecular formula is C13H31N3O. The van der Waals surface area contributed by atoms with Crippen molar-refractivity contribution in [2.75, 3.05) is 47.3 Å². The molecule has 104 valence electrons. The van der Waals surface area contributed by atoms with Gasteiger partial charge in [0.25, 0.3) is 0 Å². The van der Waals surface area contributed by atoms with Crippen LogP contribution < -0.4 is 5.32 Å².